The first-order valence-electron chi connectivity index (χ1n) is 5.86. The molecule has 1 atom stereocenters. The van der Waals surface area contributed by atoms with Crippen molar-refractivity contribution in [3.8, 4) is 0 Å². The summed E-state index contributed by atoms with van der Waals surface area (Å²) in [4.78, 5) is 6.89. The molecule has 2 heterocycles. The molecule has 0 aliphatic carbocycles. The summed E-state index contributed by atoms with van der Waals surface area (Å²) in [6, 6.07) is 0. The summed E-state index contributed by atoms with van der Waals surface area (Å²) in [6.45, 7) is 8.99. The lowest BCUT2D eigenvalue weighted by Crippen LogP contribution is -2.52. The van der Waals surface area contributed by atoms with Gasteiger partial charge in [0.1, 0.15) is 0 Å². The number of aryl methyl sites for hydroxylation is 1. The van der Waals surface area contributed by atoms with Crippen LogP contribution in [0.25, 0.3) is 0 Å². The normalized spacial score (nSPS) is 25.1. The van der Waals surface area contributed by atoms with Crippen molar-refractivity contribution in [2.24, 2.45) is 0 Å². The maximum Gasteiger partial charge on any atom is 0.0897 e. The van der Waals surface area contributed by atoms with Gasteiger partial charge in [-0.15, -0.1) is 22.9 Å². The summed E-state index contributed by atoms with van der Waals surface area (Å²) in [7, 11) is 0. The predicted molar refractivity (Wildman–Crippen MR) is 71.8 cm³/mol. The van der Waals surface area contributed by atoms with Crippen LogP contribution in [-0.4, -0.2) is 40.6 Å². The van der Waals surface area contributed by atoms with Crippen molar-refractivity contribution in [2.75, 3.05) is 19.0 Å². The van der Waals surface area contributed by atoms with Gasteiger partial charge in [-0.25, -0.2) is 4.98 Å². The quantitative estimate of drug-likeness (QED) is 0.793. The Labute approximate surface area is 112 Å². The van der Waals surface area contributed by atoms with Gasteiger partial charge < -0.3 is 4.74 Å². The molecule has 1 aliphatic rings. The number of alkyl halides is 1. The summed E-state index contributed by atoms with van der Waals surface area (Å²) in [5, 5.41) is 3.26. The van der Waals surface area contributed by atoms with Gasteiger partial charge in [0, 0.05) is 30.9 Å². The van der Waals surface area contributed by atoms with Crippen LogP contribution in [0.2, 0.25) is 0 Å². The molecule has 2 rings (SSSR count). The monoisotopic (exact) mass is 274 g/mol. The lowest BCUT2D eigenvalue weighted by Gasteiger charge is -2.42. The van der Waals surface area contributed by atoms with E-state index >= 15 is 0 Å². The summed E-state index contributed by atoms with van der Waals surface area (Å²) in [5.41, 5.74) is 1.03. The zero-order valence-electron chi connectivity index (χ0n) is 10.6. The fraction of sp³-hybridized carbons (Fsp3) is 0.750. The first-order chi connectivity index (χ1) is 7.98. The summed E-state index contributed by atoms with van der Waals surface area (Å²) >= 11 is 7.62. The molecule has 0 bridgehead atoms. The topological polar surface area (TPSA) is 25.4 Å². The lowest BCUT2D eigenvalue weighted by atomic mass is 10.1. The zero-order chi connectivity index (χ0) is 12.5. The second-order valence-electron chi connectivity index (χ2n) is 5.18. The minimum Gasteiger partial charge on any atom is -0.368 e. The van der Waals surface area contributed by atoms with E-state index in [0.717, 1.165) is 30.3 Å². The molecular weight excluding hydrogens is 256 g/mol. The Morgan fingerprint density at radius 3 is 3.00 bits per heavy atom. The Hall–Kier alpha value is -0.160. The van der Waals surface area contributed by atoms with E-state index in [4.69, 9.17) is 16.3 Å². The van der Waals surface area contributed by atoms with Crippen LogP contribution in [0.3, 0.4) is 0 Å². The Kier molecular flexibility index (Phi) is 4.08. The number of ether oxygens (including phenoxy) is 1. The van der Waals surface area contributed by atoms with Gasteiger partial charge in [-0.1, -0.05) is 0 Å². The largest absolute Gasteiger partial charge is 0.368 e. The molecule has 0 aromatic carbocycles. The van der Waals surface area contributed by atoms with Crippen molar-refractivity contribution in [3.63, 3.8) is 0 Å². The van der Waals surface area contributed by atoms with Crippen LogP contribution in [0.4, 0.5) is 0 Å². The molecule has 0 N–H and O–H groups in total. The summed E-state index contributed by atoms with van der Waals surface area (Å²) in [6.07, 6.45) is 0.125. The third-order valence-corrected chi connectivity index (χ3v) is 3.94. The predicted octanol–water partition coefficient (Wildman–Crippen LogP) is 2.67. The van der Waals surface area contributed by atoms with E-state index in [9.17, 15) is 0 Å². The lowest BCUT2D eigenvalue weighted by molar-refractivity contribution is -0.129. The van der Waals surface area contributed by atoms with E-state index in [0.29, 0.717) is 5.88 Å². The van der Waals surface area contributed by atoms with Crippen LogP contribution in [0.5, 0.6) is 0 Å². The first kappa shape index (κ1) is 13.3. The molecule has 96 valence electrons. The van der Waals surface area contributed by atoms with Crippen LogP contribution in [0, 0.1) is 6.92 Å². The van der Waals surface area contributed by atoms with Crippen molar-refractivity contribution in [3.05, 3.63) is 16.1 Å². The van der Waals surface area contributed by atoms with Gasteiger partial charge in [0.15, 0.2) is 0 Å². The highest BCUT2D eigenvalue weighted by atomic mass is 35.5. The van der Waals surface area contributed by atoms with Gasteiger partial charge in [0.05, 0.1) is 22.4 Å². The van der Waals surface area contributed by atoms with Gasteiger partial charge in [-0.3, -0.25) is 4.90 Å². The Morgan fingerprint density at radius 1 is 1.65 bits per heavy atom. The fourth-order valence-electron chi connectivity index (χ4n) is 2.33. The van der Waals surface area contributed by atoms with Gasteiger partial charge in [-0.05, 0) is 20.8 Å². The second-order valence-corrected chi connectivity index (χ2v) is 6.55. The second kappa shape index (κ2) is 5.22. The number of hydrogen-bond donors (Lipinski definition) is 0. The zero-order valence-corrected chi connectivity index (χ0v) is 12.1. The Bertz CT molecular complexity index is 380. The minimum atomic E-state index is -0.122. The third-order valence-electron chi connectivity index (χ3n) is 2.78. The third kappa shape index (κ3) is 3.65. The number of rotatable bonds is 3. The standard InChI is InChI=1S/C12H19ClN2OS/c1-9-14-10(7-17-9)5-15-6-11(4-13)16-12(2,3)8-15/h7,11H,4-6,8H2,1-3H3. The maximum absolute atomic E-state index is 5.91. The first-order valence-corrected chi connectivity index (χ1v) is 7.27. The number of nitrogens with zero attached hydrogens (tertiary/aromatic N) is 2. The average Bonchev–Trinajstić information content (AvgIpc) is 2.61. The average molecular weight is 275 g/mol. The molecule has 1 saturated heterocycles. The van der Waals surface area contributed by atoms with E-state index < -0.39 is 0 Å². The molecule has 1 unspecified atom stereocenters. The van der Waals surface area contributed by atoms with E-state index in [1.165, 1.54) is 0 Å². The number of thiazole rings is 1. The van der Waals surface area contributed by atoms with Crippen LogP contribution >= 0.6 is 22.9 Å². The van der Waals surface area contributed by atoms with Gasteiger partial charge in [0.25, 0.3) is 0 Å². The molecular formula is C12H19ClN2OS. The molecule has 3 nitrogen and oxygen atoms in total. The van der Waals surface area contributed by atoms with Crippen LogP contribution in [0.1, 0.15) is 24.5 Å². The molecule has 17 heavy (non-hydrogen) atoms. The van der Waals surface area contributed by atoms with Crippen LogP contribution in [-0.2, 0) is 11.3 Å². The molecule has 1 fully saturated rings. The molecule has 5 heteroatoms. The molecule has 0 spiro atoms. The summed E-state index contributed by atoms with van der Waals surface area (Å²) < 4.78 is 5.90. The van der Waals surface area contributed by atoms with Crippen molar-refractivity contribution in [2.45, 2.75) is 39.0 Å². The molecule has 1 aliphatic heterocycles. The molecule has 0 amide bonds. The van der Waals surface area contributed by atoms with E-state index in [2.05, 4.69) is 29.1 Å². The van der Waals surface area contributed by atoms with Gasteiger partial charge >= 0.3 is 0 Å². The van der Waals surface area contributed by atoms with Crippen molar-refractivity contribution in [1.29, 1.82) is 0 Å². The van der Waals surface area contributed by atoms with E-state index in [-0.39, 0.29) is 11.7 Å². The maximum atomic E-state index is 5.91. The Balaban J connectivity index is 2.00. The SMILES string of the molecule is Cc1nc(CN2CC(CCl)OC(C)(C)C2)cs1. The highest BCUT2D eigenvalue weighted by Gasteiger charge is 2.33. The smallest absolute Gasteiger partial charge is 0.0897 e. The summed E-state index contributed by atoms with van der Waals surface area (Å²) in [5.74, 6) is 0.552. The number of aromatic nitrogens is 1. The highest BCUT2D eigenvalue weighted by Crippen LogP contribution is 2.23. The molecule has 1 aromatic rings. The van der Waals surface area contributed by atoms with Crippen molar-refractivity contribution < 1.29 is 4.74 Å². The van der Waals surface area contributed by atoms with Crippen molar-refractivity contribution in [1.82, 2.24) is 9.88 Å². The van der Waals surface area contributed by atoms with E-state index in [1.54, 1.807) is 11.3 Å². The molecule has 0 saturated carbocycles. The van der Waals surface area contributed by atoms with Crippen LogP contribution < -0.4 is 0 Å². The molecule has 0 radical (unpaired) electrons. The highest BCUT2D eigenvalue weighted by molar-refractivity contribution is 7.09. The Morgan fingerprint density at radius 2 is 2.41 bits per heavy atom. The number of morpholine rings is 1. The number of hydrogen-bond acceptors (Lipinski definition) is 4. The van der Waals surface area contributed by atoms with Crippen molar-refractivity contribution >= 4 is 22.9 Å². The fourth-order valence-corrected chi connectivity index (χ4v) is 3.09. The number of halogens is 1. The van der Waals surface area contributed by atoms with E-state index in [1.807, 2.05) is 6.92 Å². The van der Waals surface area contributed by atoms with Crippen LogP contribution in [0.15, 0.2) is 5.38 Å². The van der Waals surface area contributed by atoms with Gasteiger partial charge in [0.2, 0.25) is 0 Å². The molecule has 1 aromatic heterocycles. The minimum absolute atomic E-state index is 0.122. The van der Waals surface area contributed by atoms with Gasteiger partial charge in [-0.2, -0.15) is 0 Å².